The second kappa shape index (κ2) is 6.86. The van der Waals surface area contributed by atoms with E-state index in [0.29, 0.717) is 5.75 Å². The highest BCUT2D eigenvalue weighted by molar-refractivity contribution is 9.10. The van der Waals surface area contributed by atoms with Crippen molar-refractivity contribution in [1.82, 2.24) is 0 Å². The minimum atomic E-state index is -4.16. The van der Waals surface area contributed by atoms with Gasteiger partial charge >= 0.3 is 6.18 Å². The van der Waals surface area contributed by atoms with Crippen LogP contribution in [-0.4, -0.2) is 26.0 Å². The molecule has 0 aromatic heterocycles. The van der Waals surface area contributed by atoms with Crippen molar-refractivity contribution in [3.05, 3.63) is 28.7 Å². The molecule has 0 heterocycles. The summed E-state index contributed by atoms with van der Waals surface area (Å²) >= 11 is 3.28. The molecule has 0 amide bonds. The van der Waals surface area contributed by atoms with Crippen LogP contribution in [0.25, 0.3) is 0 Å². The third-order valence-electron chi connectivity index (χ3n) is 1.84. The van der Waals surface area contributed by atoms with Gasteiger partial charge in [0.25, 0.3) is 0 Å². The number of alkyl halides is 3. The number of ether oxygens (including phenoxy) is 2. The van der Waals surface area contributed by atoms with Crippen molar-refractivity contribution in [3.63, 3.8) is 0 Å². The molecule has 0 fully saturated rings. The van der Waals surface area contributed by atoms with Gasteiger partial charge in [0, 0.05) is 4.47 Å². The molecule has 1 rings (SSSR count). The van der Waals surface area contributed by atoms with Crippen molar-refractivity contribution < 1.29 is 22.6 Å². The Morgan fingerprint density at radius 3 is 2.24 bits per heavy atom. The van der Waals surface area contributed by atoms with E-state index in [-0.39, 0.29) is 19.8 Å². The second-order valence-corrected chi connectivity index (χ2v) is 4.20. The average Bonchev–Trinajstić information content (AvgIpc) is 2.24. The zero-order valence-electron chi connectivity index (χ0n) is 8.97. The van der Waals surface area contributed by atoms with E-state index in [1.54, 1.807) is 12.1 Å². The lowest BCUT2D eigenvalue weighted by Crippen LogP contribution is -2.14. The molecule has 0 N–H and O–H groups in total. The van der Waals surface area contributed by atoms with Crippen LogP contribution in [0, 0.1) is 0 Å². The molecule has 0 unspecified atom stereocenters. The van der Waals surface area contributed by atoms with Gasteiger partial charge in [-0.1, -0.05) is 15.9 Å². The Hall–Kier alpha value is -0.750. The smallest absolute Gasteiger partial charge is 0.391 e. The third-order valence-corrected chi connectivity index (χ3v) is 2.37. The van der Waals surface area contributed by atoms with E-state index in [4.69, 9.17) is 9.47 Å². The molecular weight excluding hydrogens is 301 g/mol. The zero-order chi connectivity index (χ0) is 12.7. The van der Waals surface area contributed by atoms with Crippen molar-refractivity contribution in [1.29, 1.82) is 0 Å². The van der Waals surface area contributed by atoms with Crippen molar-refractivity contribution in [2.75, 3.05) is 19.8 Å². The first kappa shape index (κ1) is 14.3. The highest BCUT2D eigenvalue weighted by Gasteiger charge is 2.26. The van der Waals surface area contributed by atoms with E-state index in [9.17, 15) is 13.2 Å². The maximum atomic E-state index is 11.8. The number of benzene rings is 1. The highest BCUT2D eigenvalue weighted by Crippen LogP contribution is 2.19. The maximum Gasteiger partial charge on any atom is 0.391 e. The molecule has 0 aliphatic carbocycles. The molecule has 1 aromatic carbocycles. The third kappa shape index (κ3) is 7.23. The van der Waals surface area contributed by atoms with E-state index in [2.05, 4.69) is 15.9 Å². The predicted molar refractivity (Wildman–Crippen MR) is 61.1 cm³/mol. The second-order valence-electron chi connectivity index (χ2n) is 3.28. The fourth-order valence-electron chi connectivity index (χ4n) is 1.04. The summed E-state index contributed by atoms with van der Waals surface area (Å²) in [6.07, 6.45) is -5.09. The molecule has 0 atom stereocenters. The summed E-state index contributed by atoms with van der Waals surface area (Å²) in [4.78, 5) is 0. The van der Waals surface area contributed by atoms with E-state index < -0.39 is 12.6 Å². The minimum absolute atomic E-state index is 0.145. The minimum Gasteiger partial charge on any atom is -0.491 e. The molecule has 2 nitrogen and oxygen atoms in total. The number of hydrogen-bond acceptors (Lipinski definition) is 2. The molecule has 0 aliphatic rings. The van der Waals surface area contributed by atoms with E-state index >= 15 is 0 Å². The Morgan fingerprint density at radius 1 is 1.00 bits per heavy atom. The lowest BCUT2D eigenvalue weighted by Gasteiger charge is -2.08. The van der Waals surface area contributed by atoms with Crippen molar-refractivity contribution >= 4 is 15.9 Å². The van der Waals surface area contributed by atoms with Crippen LogP contribution < -0.4 is 4.74 Å². The van der Waals surface area contributed by atoms with Crippen LogP contribution in [0.3, 0.4) is 0 Å². The van der Waals surface area contributed by atoms with E-state index in [0.717, 1.165) is 4.47 Å². The molecule has 0 bridgehead atoms. The van der Waals surface area contributed by atoms with Crippen molar-refractivity contribution in [2.24, 2.45) is 0 Å². The van der Waals surface area contributed by atoms with E-state index in [1.807, 2.05) is 12.1 Å². The Bertz CT molecular complexity index is 324. The summed E-state index contributed by atoms with van der Waals surface area (Å²) in [5.41, 5.74) is 0. The molecule has 1 aromatic rings. The monoisotopic (exact) mass is 312 g/mol. The Balaban J connectivity index is 2.07. The standard InChI is InChI=1S/C11H12BrF3O2/c12-9-1-3-10(4-2-9)17-8-7-16-6-5-11(13,14)15/h1-4H,5-8H2. The van der Waals surface area contributed by atoms with Gasteiger partial charge in [-0.25, -0.2) is 0 Å². The fourth-order valence-corrected chi connectivity index (χ4v) is 1.30. The van der Waals surface area contributed by atoms with Crippen LogP contribution in [0.5, 0.6) is 5.75 Å². The molecule has 96 valence electrons. The van der Waals surface area contributed by atoms with Crippen LogP contribution >= 0.6 is 15.9 Å². The number of hydrogen-bond donors (Lipinski definition) is 0. The maximum absolute atomic E-state index is 11.8. The summed E-state index contributed by atoms with van der Waals surface area (Å²) in [7, 11) is 0. The lowest BCUT2D eigenvalue weighted by molar-refractivity contribution is -0.145. The average molecular weight is 313 g/mol. The first-order valence-electron chi connectivity index (χ1n) is 5.00. The molecule has 0 saturated carbocycles. The van der Waals surface area contributed by atoms with Crippen LogP contribution in [0.2, 0.25) is 0 Å². The molecule has 17 heavy (non-hydrogen) atoms. The summed E-state index contributed by atoms with van der Waals surface area (Å²) in [5, 5.41) is 0. The van der Waals surface area contributed by atoms with Gasteiger partial charge in [-0.3, -0.25) is 0 Å². The van der Waals surface area contributed by atoms with Gasteiger partial charge in [0.1, 0.15) is 12.4 Å². The summed E-state index contributed by atoms with van der Waals surface area (Å²) in [6, 6.07) is 7.17. The van der Waals surface area contributed by atoms with Gasteiger partial charge in [0.2, 0.25) is 0 Å². The Morgan fingerprint density at radius 2 is 1.65 bits per heavy atom. The fraction of sp³-hybridized carbons (Fsp3) is 0.455. The SMILES string of the molecule is FC(F)(F)CCOCCOc1ccc(Br)cc1. The van der Waals surface area contributed by atoms with Gasteiger partial charge in [-0.05, 0) is 24.3 Å². The molecule has 6 heteroatoms. The Kier molecular flexibility index (Phi) is 5.77. The lowest BCUT2D eigenvalue weighted by atomic mass is 10.3. The highest BCUT2D eigenvalue weighted by atomic mass is 79.9. The van der Waals surface area contributed by atoms with Gasteiger partial charge in [-0.2, -0.15) is 13.2 Å². The van der Waals surface area contributed by atoms with Crippen LogP contribution in [0.15, 0.2) is 28.7 Å². The quantitative estimate of drug-likeness (QED) is 0.744. The van der Waals surface area contributed by atoms with Gasteiger partial charge in [-0.15, -0.1) is 0 Å². The summed E-state index contributed by atoms with van der Waals surface area (Å²) in [5.74, 6) is 0.660. The zero-order valence-corrected chi connectivity index (χ0v) is 10.6. The summed E-state index contributed by atoms with van der Waals surface area (Å²) in [6.45, 7) is 0.0544. The number of halogens is 4. The van der Waals surface area contributed by atoms with Gasteiger partial charge < -0.3 is 9.47 Å². The first-order chi connectivity index (χ1) is 7.97. The molecule has 0 aliphatic heterocycles. The van der Waals surface area contributed by atoms with Gasteiger partial charge in [0.05, 0.1) is 19.6 Å². The van der Waals surface area contributed by atoms with E-state index in [1.165, 1.54) is 0 Å². The molecular formula is C11H12BrF3O2. The largest absolute Gasteiger partial charge is 0.491 e. The first-order valence-corrected chi connectivity index (χ1v) is 5.79. The molecule has 0 spiro atoms. The molecule has 0 saturated heterocycles. The normalized spacial score (nSPS) is 11.5. The molecule has 0 radical (unpaired) electrons. The number of rotatable bonds is 6. The van der Waals surface area contributed by atoms with Crippen LogP contribution in [-0.2, 0) is 4.74 Å². The van der Waals surface area contributed by atoms with Crippen molar-refractivity contribution in [2.45, 2.75) is 12.6 Å². The van der Waals surface area contributed by atoms with Crippen LogP contribution in [0.1, 0.15) is 6.42 Å². The van der Waals surface area contributed by atoms with Crippen molar-refractivity contribution in [3.8, 4) is 5.75 Å². The van der Waals surface area contributed by atoms with Gasteiger partial charge in [0.15, 0.2) is 0 Å². The van der Waals surface area contributed by atoms with Crippen LogP contribution in [0.4, 0.5) is 13.2 Å². The summed E-state index contributed by atoms with van der Waals surface area (Å²) < 4.78 is 46.3. The topological polar surface area (TPSA) is 18.5 Å². The predicted octanol–water partition coefficient (Wildman–Crippen LogP) is 3.80. The Labute approximate surface area is 106 Å².